The van der Waals surface area contributed by atoms with E-state index in [-0.39, 0.29) is 0 Å². The molecular weight excluding hydrogens is 506 g/mol. The van der Waals surface area contributed by atoms with Crippen LogP contribution in [-0.4, -0.2) is 17.0 Å². The van der Waals surface area contributed by atoms with Crippen molar-refractivity contribution in [2.24, 2.45) is 11.3 Å². The molecule has 2 aromatic carbocycles. The van der Waals surface area contributed by atoms with Gasteiger partial charge in [-0.3, -0.25) is 0 Å². The molecule has 6 rings (SSSR count). The van der Waals surface area contributed by atoms with Gasteiger partial charge in [-0.15, -0.1) is 0 Å². The Bertz CT molecular complexity index is 1490. The highest BCUT2D eigenvalue weighted by molar-refractivity contribution is 5.88. The maximum atomic E-state index is 2.74. The van der Waals surface area contributed by atoms with Gasteiger partial charge in [0.25, 0.3) is 0 Å². The standard InChI is InChI=1S/C41H49N/c1-4-41(2,3)28-27-31-15-16-37-30-36(18-17-35(37)29-31)34-21-25-40(26-22-34)42(38-13-9-6-10-14-38)39-23-19-33(20-24-39)32-11-7-5-8-12-32/h6-7,9,11-12,15-19,21-25,29-30,33,38,40H,4-5,8,10,13-14,20,26-28H2,1-3H3. The van der Waals surface area contributed by atoms with E-state index >= 15 is 0 Å². The molecule has 0 N–H and O–H groups in total. The zero-order valence-electron chi connectivity index (χ0n) is 26.1. The predicted molar refractivity (Wildman–Crippen MR) is 182 cm³/mol. The lowest BCUT2D eigenvalue weighted by molar-refractivity contribution is 0.204. The number of rotatable bonds is 9. The van der Waals surface area contributed by atoms with Gasteiger partial charge in [-0.05, 0) is 108 Å². The Balaban J connectivity index is 1.16. The number of hydrogen-bond acceptors (Lipinski definition) is 1. The summed E-state index contributed by atoms with van der Waals surface area (Å²) in [5.41, 5.74) is 7.47. The third-order valence-corrected chi connectivity index (χ3v) is 10.2. The maximum Gasteiger partial charge on any atom is 0.0514 e. The van der Waals surface area contributed by atoms with Crippen LogP contribution in [0.25, 0.3) is 16.3 Å². The molecule has 0 spiro atoms. The highest BCUT2D eigenvalue weighted by Crippen LogP contribution is 2.35. The molecule has 0 amide bonds. The quantitative estimate of drug-likeness (QED) is 0.278. The van der Waals surface area contributed by atoms with E-state index in [1.165, 1.54) is 77.3 Å². The van der Waals surface area contributed by atoms with Gasteiger partial charge in [-0.2, -0.15) is 0 Å². The van der Waals surface area contributed by atoms with Crippen LogP contribution in [-0.2, 0) is 6.42 Å². The highest BCUT2D eigenvalue weighted by atomic mass is 15.2. The van der Waals surface area contributed by atoms with Gasteiger partial charge in [-0.25, -0.2) is 0 Å². The van der Waals surface area contributed by atoms with Crippen molar-refractivity contribution in [3.8, 4) is 0 Å². The van der Waals surface area contributed by atoms with E-state index < -0.39 is 0 Å². The van der Waals surface area contributed by atoms with Gasteiger partial charge in [0, 0.05) is 17.7 Å². The number of nitrogens with zero attached hydrogens (tertiary/aromatic N) is 1. The Labute approximate surface area is 254 Å². The average Bonchev–Trinajstić information content (AvgIpc) is 3.05. The fourth-order valence-corrected chi connectivity index (χ4v) is 6.98. The molecule has 4 aliphatic rings. The monoisotopic (exact) mass is 555 g/mol. The fraction of sp³-hybridized carbons (Fsp3) is 0.415. The van der Waals surface area contributed by atoms with E-state index in [2.05, 4.69) is 129 Å². The first-order valence-corrected chi connectivity index (χ1v) is 16.6. The van der Waals surface area contributed by atoms with Crippen LogP contribution in [0.1, 0.15) is 89.7 Å². The second-order valence-electron chi connectivity index (χ2n) is 13.6. The van der Waals surface area contributed by atoms with Gasteiger partial charge in [0.05, 0.1) is 6.04 Å². The Morgan fingerprint density at radius 2 is 1.67 bits per heavy atom. The van der Waals surface area contributed by atoms with Crippen molar-refractivity contribution in [1.29, 1.82) is 0 Å². The summed E-state index contributed by atoms with van der Waals surface area (Å²) >= 11 is 0. The average molecular weight is 556 g/mol. The van der Waals surface area contributed by atoms with E-state index in [4.69, 9.17) is 0 Å². The lowest BCUT2D eigenvalue weighted by Crippen LogP contribution is -2.42. The summed E-state index contributed by atoms with van der Waals surface area (Å²) in [5, 5.41) is 2.70. The van der Waals surface area contributed by atoms with Gasteiger partial charge in [0.15, 0.2) is 0 Å². The summed E-state index contributed by atoms with van der Waals surface area (Å²) in [5.74, 6) is 0.527. The van der Waals surface area contributed by atoms with Crippen molar-refractivity contribution in [3.63, 3.8) is 0 Å². The minimum atomic E-state index is 0.405. The van der Waals surface area contributed by atoms with Crippen molar-refractivity contribution < 1.29 is 0 Å². The van der Waals surface area contributed by atoms with E-state index in [1.54, 1.807) is 0 Å². The molecule has 4 aliphatic carbocycles. The zero-order chi connectivity index (χ0) is 28.9. The minimum absolute atomic E-state index is 0.405. The van der Waals surface area contributed by atoms with Crippen LogP contribution in [0.3, 0.4) is 0 Å². The molecule has 0 heterocycles. The van der Waals surface area contributed by atoms with Crippen LogP contribution < -0.4 is 0 Å². The van der Waals surface area contributed by atoms with E-state index in [1.807, 2.05) is 0 Å². The van der Waals surface area contributed by atoms with Crippen LogP contribution in [0, 0.1) is 11.3 Å². The van der Waals surface area contributed by atoms with Crippen molar-refractivity contribution in [3.05, 3.63) is 126 Å². The Hall–Kier alpha value is -3.32. The third kappa shape index (κ3) is 6.67. The second kappa shape index (κ2) is 12.9. The van der Waals surface area contributed by atoms with E-state index in [0.717, 1.165) is 25.7 Å². The Kier molecular flexibility index (Phi) is 8.84. The molecule has 0 bridgehead atoms. The van der Waals surface area contributed by atoms with Gasteiger partial charge >= 0.3 is 0 Å². The first kappa shape index (κ1) is 28.8. The fourth-order valence-electron chi connectivity index (χ4n) is 6.98. The molecule has 0 fully saturated rings. The number of aryl methyl sites for hydroxylation is 1. The molecule has 2 aromatic rings. The topological polar surface area (TPSA) is 3.24 Å². The second-order valence-corrected chi connectivity index (χ2v) is 13.6. The van der Waals surface area contributed by atoms with Crippen molar-refractivity contribution in [1.82, 2.24) is 4.90 Å². The van der Waals surface area contributed by atoms with Crippen molar-refractivity contribution >= 4 is 16.3 Å². The maximum absolute atomic E-state index is 2.74. The Morgan fingerprint density at radius 1 is 0.786 bits per heavy atom. The first-order valence-electron chi connectivity index (χ1n) is 16.6. The van der Waals surface area contributed by atoms with Crippen LogP contribution in [0.5, 0.6) is 0 Å². The summed E-state index contributed by atoms with van der Waals surface area (Å²) in [6, 6.07) is 15.1. The van der Waals surface area contributed by atoms with E-state index in [0.29, 0.717) is 23.4 Å². The molecule has 0 saturated heterocycles. The van der Waals surface area contributed by atoms with E-state index in [9.17, 15) is 0 Å². The normalized spacial score (nSPS) is 24.0. The molecule has 3 unspecified atom stereocenters. The number of benzene rings is 2. The first-order chi connectivity index (χ1) is 20.5. The number of fused-ring (bicyclic) bond motifs is 1. The Morgan fingerprint density at radius 3 is 2.38 bits per heavy atom. The van der Waals surface area contributed by atoms with Crippen LogP contribution in [0.2, 0.25) is 0 Å². The summed E-state index contributed by atoms with van der Waals surface area (Å²) in [6.07, 6.45) is 38.3. The highest BCUT2D eigenvalue weighted by Gasteiger charge is 2.28. The molecular formula is C41H49N. The minimum Gasteiger partial charge on any atom is -0.362 e. The molecule has 0 aromatic heterocycles. The van der Waals surface area contributed by atoms with Crippen LogP contribution in [0.15, 0.2) is 115 Å². The van der Waals surface area contributed by atoms with Crippen molar-refractivity contribution in [2.45, 2.75) is 97.1 Å². The molecule has 218 valence electrons. The molecule has 0 aliphatic heterocycles. The molecule has 3 atom stereocenters. The molecule has 1 heteroatoms. The van der Waals surface area contributed by atoms with Crippen LogP contribution >= 0.6 is 0 Å². The summed E-state index contributed by atoms with van der Waals surface area (Å²) in [4.78, 5) is 2.74. The van der Waals surface area contributed by atoms with Gasteiger partial charge < -0.3 is 4.90 Å². The van der Waals surface area contributed by atoms with Crippen molar-refractivity contribution in [2.75, 3.05) is 0 Å². The zero-order valence-corrected chi connectivity index (χ0v) is 26.1. The lowest BCUT2D eigenvalue weighted by Gasteiger charge is -2.42. The summed E-state index contributed by atoms with van der Waals surface area (Å²) in [6.45, 7) is 7.07. The molecule has 0 radical (unpaired) electrons. The largest absolute Gasteiger partial charge is 0.362 e. The van der Waals surface area contributed by atoms with Gasteiger partial charge in [-0.1, -0.05) is 118 Å². The SMILES string of the molecule is CCC(C)(C)CCc1ccc2cc(C3=CCC(N(C4=CCC(C5=CCCC=C5)C=C4)C4CC=CCC4)C=C3)ccc2c1. The predicted octanol–water partition coefficient (Wildman–Crippen LogP) is 11.1. The molecule has 0 saturated carbocycles. The molecule has 42 heavy (non-hydrogen) atoms. The number of allylic oxidation sites excluding steroid dienone is 10. The van der Waals surface area contributed by atoms with Gasteiger partial charge in [0.1, 0.15) is 0 Å². The van der Waals surface area contributed by atoms with Crippen LogP contribution in [0.4, 0.5) is 0 Å². The smallest absolute Gasteiger partial charge is 0.0514 e. The third-order valence-electron chi connectivity index (χ3n) is 10.2. The lowest BCUT2D eigenvalue weighted by atomic mass is 9.83. The summed E-state index contributed by atoms with van der Waals surface area (Å²) in [7, 11) is 0. The number of hydrogen-bond donors (Lipinski definition) is 0. The molecule has 1 nitrogen and oxygen atoms in total. The summed E-state index contributed by atoms with van der Waals surface area (Å²) < 4.78 is 0. The van der Waals surface area contributed by atoms with Gasteiger partial charge in [0.2, 0.25) is 0 Å².